The first kappa shape index (κ1) is 18.4. The SMILES string of the molecule is O=C(O)c1ccc([C@]2(c3ccc(OCc4nccs4)cc3)CC3CC[C@@H]2C3)cc1. The summed E-state index contributed by atoms with van der Waals surface area (Å²) in [6, 6.07) is 16.1. The van der Waals surface area contributed by atoms with Crippen LogP contribution in [0.2, 0.25) is 0 Å². The Bertz CT molecular complexity index is 998. The summed E-state index contributed by atoms with van der Waals surface area (Å²) in [6.07, 6.45) is 6.76. The second-order valence-electron chi connectivity index (χ2n) is 8.17. The number of fused-ring (bicyclic) bond motifs is 2. The highest BCUT2D eigenvalue weighted by atomic mass is 32.1. The van der Waals surface area contributed by atoms with Gasteiger partial charge in [0.15, 0.2) is 0 Å². The molecule has 4 nitrogen and oxygen atoms in total. The number of aromatic carboxylic acids is 1. The summed E-state index contributed by atoms with van der Waals surface area (Å²) in [6.45, 7) is 0.490. The maximum atomic E-state index is 11.3. The van der Waals surface area contributed by atoms with Crippen LogP contribution >= 0.6 is 11.3 Å². The first-order valence-electron chi connectivity index (χ1n) is 10.1. The number of carbonyl (C=O) groups is 1. The van der Waals surface area contributed by atoms with Gasteiger partial charge in [-0.05, 0) is 66.5 Å². The second kappa shape index (κ2) is 7.30. The van der Waals surface area contributed by atoms with Gasteiger partial charge in [-0.1, -0.05) is 30.7 Å². The molecule has 2 saturated carbocycles. The highest BCUT2D eigenvalue weighted by molar-refractivity contribution is 7.09. The fourth-order valence-corrected chi connectivity index (χ4v) is 5.96. The predicted octanol–water partition coefficient (Wildman–Crippen LogP) is 5.53. The lowest BCUT2D eigenvalue weighted by Crippen LogP contribution is -2.34. The largest absolute Gasteiger partial charge is 0.486 e. The average molecular weight is 406 g/mol. The number of ether oxygens (including phenoxy) is 1. The molecule has 5 rings (SSSR count). The molecule has 1 unspecified atom stereocenters. The van der Waals surface area contributed by atoms with Crippen LogP contribution in [0.15, 0.2) is 60.1 Å². The smallest absolute Gasteiger partial charge is 0.335 e. The standard InChI is InChI=1S/C24H23NO3S/c26-23(27)17-2-5-18(6-3-17)24(14-16-1-4-20(24)13-16)19-7-9-21(10-8-19)28-15-22-25-11-12-29-22/h2-3,5-12,16,20H,1,4,13-15H2,(H,26,27)/t16?,20-,24+/m1/s1. The molecule has 2 aromatic carbocycles. The fourth-order valence-electron chi connectivity index (χ4n) is 5.43. The van der Waals surface area contributed by atoms with Gasteiger partial charge in [0, 0.05) is 17.0 Å². The Morgan fingerprint density at radius 1 is 1.10 bits per heavy atom. The Morgan fingerprint density at radius 2 is 1.83 bits per heavy atom. The van der Waals surface area contributed by atoms with Gasteiger partial charge in [-0.2, -0.15) is 0 Å². The third-order valence-electron chi connectivity index (χ3n) is 6.71. The van der Waals surface area contributed by atoms with Crippen LogP contribution in [0.5, 0.6) is 5.75 Å². The summed E-state index contributed by atoms with van der Waals surface area (Å²) in [4.78, 5) is 15.5. The summed E-state index contributed by atoms with van der Waals surface area (Å²) >= 11 is 1.60. The van der Waals surface area contributed by atoms with Crippen LogP contribution in [-0.4, -0.2) is 16.1 Å². The minimum Gasteiger partial charge on any atom is -0.486 e. The van der Waals surface area contributed by atoms with Gasteiger partial charge >= 0.3 is 5.97 Å². The molecule has 1 N–H and O–H groups in total. The summed E-state index contributed by atoms with van der Waals surface area (Å²) in [5.74, 6) is 1.36. The topological polar surface area (TPSA) is 59.4 Å². The molecule has 29 heavy (non-hydrogen) atoms. The molecular formula is C24H23NO3S. The van der Waals surface area contributed by atoms with Gasteiger partial charge in [0.05, 0.1) is 5.56 Å². The highest BCUT2D eigenvalue weighted by Crippen LogP contribution is 2.60. The number of benzene rings is 2. The van der Waals surface area contributed by atoms with Crippen molar-refractivity contribution in [3.8, 4) is 5.75 Å². The Hall–Kier alpha value is -2.66. The Labute approximate surface area is 174 Å². The third kappa shape index (κ3) is 3.23. The molecule has 0 saturated heterocycles. The van der Waals surface area contributed by atoms with E-state index in [-0.39, 0.29) is 5.41 Å². The van der Waals surface area contributed by atoms with Crippen LogP contribution in [0.25, 0.3) is 0 Å². The molecule has 5 heteroatoms. The normalized spacial score (nSPS) is 25.2. The first-order chi connectivity index (χ1) is 14.1. The molecule has 148 valence electrons. The zero-order valence-electron chi connectivity index (χ0n) is 16.1. The number of rotatable bonds is 6. The number of thiazole rings is 1. The maximum Gasteiger partial charge on any atom is 0.335 e. The van der Waals surface area contributed by atoms with E-state index < -0.39 is 5.97 Å². The average Bonchev–Trinajstić information content (AvgIpc) is 3.50. The van der Waals surface area contributed by atoms with Crippen molar-refractivity contribution in [1.82, 2.24) is 4.98 Å². The summed E-state index contributed by atoms with van der Waals surface area (Å²) in [7, 11) is 0. The first-order valence-corrected chi connectivity index (χ1v) is 11.0. The predicted molar refractivity (Wildman–Crippen MR) is 113 cm³/mol. The van der Waals surface area contributed by atoms with Gasteiger partial charge in [-0.3, -0.25) is 0 Å². The molecule has 2 aliphatic rings. The van der Waals surface area contributed by atoms with E-state index >= 15 is 0 Å². The third-order valence-corrected chi connectivity index (χ3v) is 7.46. The Kier molecular flexibility index (Phi) is 4.63. The zero-order valence-corrected chi connectivity index (χ0v) is 16.9. The number of aromatic nitrogens is 1. The van der Waals surface area contributed by atoms with E-state index in [1.807, 2.05) is 17.5 Å². The van der Waals surface area contributed by atoms with Gasteiger partial charge in [0.1, 0.15) is 17.4 Å². The van der Waals surface area contributed by atoms with Gasteiger partial charge in [0.25, 0.3) is 0 Å². The van der Waals surface area contributed by atoms with E-state index in [0.29, 0.717) is 18.1 Å². The van der Waals surface area contributed by atoms with Gasteiger partial charge in [-0.25, -0.2) is 9.78 Å². The van der Waals surface area contributed by atoms with E-state index in [4.69, 9.17) is 4.74 Å². The number of carboxylic acids is 1. The molecule has 2 fully saturated rings. The number of carboxylic acid groups (broad SMARTS) is 1. The molecular weight excluding hydrogens is 382 g/mol. The highest BCUT2D eigenvalue weighted by Gasteiger charge is 2.52. The molecule has 1 aromatic heterocycles. The number of hydrogen-bond donors (Lipinski definition) is 1. The molecule has 2 bridgehead atoms. The van der Waals surface area contributed by atoms with Crippen LogP contribution in [0.4, 0.5) is 0 Å². The maximum absolute atomic E-state index is 11.3. The van der Waals surface area contributed by atoms with E-state index in [2.05, 4.69) is 29.2 Å². The molecule has 0 radical (unpaired) electrons. The molecule has 0 spiro atoms. The number of nitrogens with zero attached hydrogens (tertiary/aromatic N) is 1. The van der Waals surface area contributed by atoms with E-state index in [1.165, 1.54) is 30.4 Å². The minimum atomic E-state index is -0.875. The summed E-state index contributed by atoms with van der Waals surface area (Å²) in [5, 5.41) is 12.2. The van der Waals surface area contributed by atoms with Crippen LogP contribution in [0.3, 0.4) is 0 Å². The van der Waals surface area contributed by atoms with Crippen LogP contribution < -0.4 is 4.74 Å². The van der Waals surface area contributed by atoms with Crippen molar-refractivity contribution in [2.24, 2.45) is 11.8 Å². The van der Waals surface area contributed by atoms with Gasteiger partial charge in [0.2, 0.25) is 0 Å². The molecule has 3 aromatic rings. The lowest BCUT2D eigenvalue weighted by atomic mass is 9.64. The van der Waals surface area contributed by atoms with Crippen molar-refractivity contribution in [2.45, 2.75) is 37.7 Å². The van der Waals surface area contributed by atoms with Crippen LogP contribution in [0.1, 0.15) is 52.2 Å². The molecule has 1 heterocycles. The zero-order chi connectivity index (χ0) is 19.8. The van der Waals surface area contributed by atoms with E-state index in [0.717, 1.165) is 23.1 Å². The molecule has 0 amide bonds. The molecule has 2 aliphatic carbocycles. The monoisotopic (exact) mass is 405 g/mol. The minimum absolute atomic E-state index is 0.0201. The van der Waals surface area contributed by atoms with Crippen molar-refractivity contribution in [2.75, 3.05) is 0 Å². The van der Waals surface area contributed by atoms with E-state index in [1.54, 1.807) is 29.7 Å². The van der Waals surface area contributed by atoms with Crippen molar-refractivity contribution in [3.05, 3.63) is 81.8 Å². The lowest BCUT2D eigenvalue weighted by molar-refractivity contribution is 0.0697. The van der Waals surface area contributed by atoms with Crippen molar-refractivity contribution >= 4 is 17.3 Å². The Balaban J connectivity index is 1.45. The van der Waals surface area contributed by atoms with E-state index in [9.17, 15) is 9.90 Å². The number of hydrogen-bond acceptors (Lipinski definition) is 4. The molecule has 3 atom stereocenters. The van der Waals surface area contributed by atoms with Gasteiger partial charge in [-0.15, -0.1) is 11.3 Å². The summed E-state index contributed by atoms with van der Waals surface area (Å²) in [5.41, 5.74) is 2.88. The van der Waals surface area contributed by atoms with Gasteiger partial charge < -0.3 is 9.84 Å². The quantitative estimate of drug-likeness (QED) is 0.586. The fraction of sp³-hybridized carbons (Fsp3) is 0.333. The lowest BCUT2D eigenvalue weighted by Gasteiger charge is -2.39. The van der Waals surface area contributed by atoms with Crippen LogP contribution in [-0.2, 0) is 12.0 Å². The van der Waals surface area contributed by atoms with Crippen molar-refractivity contribution in [1.29, 1.82) is 0 Å². The van der Waals surface area contributed by atoms with Crippen LogP contribution in [0, 0.1) is 11.8 Å². The molecule has 0 aliphatic heterocycles. The van der Waals surface area contributed by atoms with Crippen molar-refractivity contribution in [3.63, 3.8) is 0 Å². The van der Waals surface area contributed by atoms with Crippen molar-refractivity contribution < 1.29 is 14.6 Å². The summed E-state index contributed by atoms with van der Waals surface area (Å²) < 4.78 is 5.89. The second-order valence-corrected chi connectivity index (χ2v) is 9.15. The Morgan fingerprint density at radius 3 is 2.38 bits per heavy atom.